The van der Waals surface area contributed by atoms with E-state index in [9.17, 15) is 9.59 Å². The van der Waals surface area contributed by atoms with E-state index in [-0.39, 0.29) is 18.3 Å². The molecule has 3 heterocycles. The first-order valence-corrected chi connectivity index (χ1v) is 15.0. The largest absolute Gasteiger partial charge is 0.462 e. The zero-order chi connectivity index (χ0) is 28.8. The smallest absolute Gasteiger partial charge is 0.341 e. The molecule has 0 saturated heterocycles. The van der Waals surface area contributed by atoms with Gasteiger partial charge in [0, 0.05) is 27.9 Å². The molecule has 41 heavy (non-hydrogen) atoms. The Hall–Kier alpha value is -4.28. The normalized spacial score (nSPS) is 11.0. The average Bonchev–Trinajstić information content (AvgIpc) is 3.60. The molecule has 8 nitrogen and oxygen atoms in total. The van der Waals surface area contributed by atoms with Crippen LogP contribution in [0, 0.1) is 0 Å². The number of nitrogens with zero attached hydrogens (tertiary/aromatic N) is 4. The highest BCUT2D eigenvalue weighted by molar-refractivity contribution is 7.99. The molecule has 0 aliphatic heterocycles. The molecule has 0 radical (unpaired) electrons. The van der Waals surface area contributed by atoms with Gasteiger partial charge in [0.25, 0.3) is 0 Å². The van der Waals surface area contributed by atoms with Gasteiger partial charge >= 0.3 is 5.97 Å². The molecule has 0 unspecified atom stereocenters. The molecule has 0 atom stereocenters. The van der Waals surface area contributed by atoms with Gasteiger partial charge in [-0.3, -0.25) is 9.36 Å². The van der Waals surface area contributed by atoms with Gasteiger partial charge in [-0.15, -0.1) is 28.1 Å². The number of anilines is 1. The Morgan fingerprint density at radius 3 is 2.61 bits per heavy atom. The third-order valence-corrected chi connectivity index (χ3v) is 8.43. The molecule has 0 aliphatic rings. The summed E-state index contributed by atoms with van der Waals surface area (Å²) in [5, 5.41) is 13.9. The van der Waals surface area contributed by atoms with E-state index in [1.54, 1.807) is 19.1 Å². The molecular formula is C31H29N5O3S2. The quantitative estimate of drug-likeness (QED) is 0.103. The molecule has 1 N–H and O–H groups in total. The van der Waals surface area contributed by atoms with E-state index >= 15 is 0 Å². The number of thiophene rings is 1. The lowest BCUT2D eigenvalue weighted by molar-refractivity contribution is -0.113. The predicted molar refractivity (Wildman–Crippen MR) is 165 cm³/mol. The van der Waals surface area contributed by atoms with Gasteiger partial charge in [-0.1, -0.05) is 73.3 Å². The lowest BCUT2D eigenvalue weighted by Crippen LogP contribution is -2.16. The van der Waals surface area contributed by atoms with Gasteiger partial charge in [-0.25, -0.2) is 9.78 Å². The van der Waals surface area contributed by atoms with Crippen LogP contribution >= 0.6 is 23.1 Å². The second-order valence-electron chi connectivity index (χ2n) is 9.01. The highest BCUT2D eigenvalue weighted by Gasteiger charge is 2.21. The first kappa shape index (κ1) is 28.3. The fraction of sp³-hybridized carbons (Fsp3) is 0.194. The summed E-state index contributed by atoms with van der Waals surface area (Å²) in [5.41, 5.74) is 3.96. The van der Waals surface area contributed by atoms with Crippen molar-refractivity contribution in [3.8, 4) is 22.6 Å². The third-order valence-electron chi connectivity index (χ3n) is 6.27. The molecule has 1 amide bonds. The minimum atomic E-state index is -0.443. The van der Waals surface area contributed by atoms with Crippen molar-refractivity contribution in [2.45, 2.75) is 32.0 Å². The van der Waals surface area contributed by atoms with Gasteiger partial charge in [0.2, 0.25) is 5.91 Å². The van der Waals surface area contributed by atoms with E-state index in [0.29, 0.717) is 28.1 Å². The number of nitrogens with one attached hydrogen (secondary N) is 1. The molecule has 0 aliphatic carbocycles. The van der Waals surface area contributed by atoms with E-state index in [0.717, 1.165) is 39.0 Å². The predicted octanol–water partition coefficient (Wildman–Crippen LogP) is 6.88. The van der Waals surface area contributed by atoms with E-state index < -0.39 is 5.97 Å². The van der Waals surface area contributed by atoms with Gasteiger partial charge in [0.05, 0.1) is 29.1 Å². The summed E-state index contributed by atoms with van der Waals surface area (Å²) in [6.07, 6.45) is 2.53. The van der Waals surface area contributed by atoms with Gasteiger partial charge < -0.3 is 10.1 Å². The summed E-state index contributed by atoms with van der Waals surface area (Å²) < 4.78 is 7.12. The first-order chi connectivity index (χ1) is 20.0. The van der Waals surface area contributed by atoms with Crippen LogP contribution in [0.15, 0.2) is 84.5 Å². The third kappa shape index (κ3) is 6.23. The van der Waals surface area contributed by atoms with Crippen LogP contribution in [0.4, 0.5) is 5.00 Å². The number of ether oxygens (including phenoxy) is 1. The number of fused-ring (bicyclic) bond motifs is 1. The molecule has 208 valence electrons. The summed E-state index contributed by atoms with van der Waals surface area (Å²) in [7, 11) is 0. The average molecular weight is 584 g/mol. The van der Waals surface area contributed by atoms with Gasteiger partial charge in [-0.2, -0.15) is 0 Å². The number of aryl methyl sites for hydroxylation is 1. The molecule has 3 aromatic heterocycles. The number of amides is 1. The molecule has 0 saturated carbocycles. The Bertz CT molecular complexity index is 1710. The van der Waals surface area contributed by atoms with E-state index in [2.05, 4.69) is 22.1 Å². The molecular weight excluding hydrogens is 555 g/mol. The fourth-order valence-electron chi connectivity index (χ4n) is 4.37. The van der Waals surface area contributed by atoms with Crippen molar-refractivity contribution in [1.82, 2.24) is 19.7 Å². The number of rotatable bonds is 11. The Morgan fingerprint density at radius 2 is 1.85 bits per heavy atom. The summed E-state index contributed by atoms with van der Waals surface area (Å²) in [4.78, 5) is 31.3. The summed E-state index contributed by atoms with van der Waals surface area (Å²) in [6.45, 7) is 8.40. The number of hydrogen-bond acceptors (Lipinski definition) is 8. The van der Waals surface area contributed by atoms with Crippen molar-refractivity contribution in [3.63, 3.8) is 0 Å². The maximum Gasteiger partial charge on any atom is 0.341 e. The second-order valence-corrected chi connectivity index (χ2v) is 11.1. The highest BCUT2D eigenvalue weighted by atomic mass is 32.2. The number of benzene rings is 2. The molecule has 10 heteroatoms. The Kier molecular flexibility index (Phi) is 8.91. The standard InChI is InChI=1S/C31H29N5O3S2/c1-4-16-36-28(23-18-26(20-12-8-7-9-13-20)32-25-15-11-10-14-22(23)25)34-35-31(36)40-19-27(37)33-29-24(30(38)39-6-3)17-21(5-2)41-29/h4,7-15,17-18H,1,5-6,16,19H2,2-3H3,(H,33,37). The van der Waals surface area contributed by atoms with Crippen LogP contribution < -0.4 is 5.32 Å². The van der Waals surface area contributed by atoms with Gasteiger partial charge in [0.15, 0.2) is 11.0 Å². The first-order valence-electron chi connectivity index (χ1n) is 13.2. The number of hydrogen-bond donors (Lipinski definition) is 1. The van der Waals surface area contributed by atoms with Crippen molar-refractivity contribution in [2.24, 2.45) is 0 Å². The Morgan fingerprint density at radius 1 is 1.07 bits per heavy atom. The zero-order valence-corrected chi connectivity index (χ0v) is 24.4. The maximum atomic E-state index is 13.0. The minimum Gasteiger partial charge on any atom is -0.462 e. The van der Waals surface area contributed by atoms with Crippen LogP contribution in [-0.2, 0) is 22.5 Å². The van der Waals surface area contributed by atoms with E-state index in [1.807, 2.05) is 72.2 Å². The zero-order valence-electron chi connectivity index (χ0n) is 22.8. The monoisotopic (exact) mass is 583 g/mol. The Balaban J connectivity index is 1.43. The van der Waals surface area contributed by atoms with Gasteiger partial charge in [0.1, 0.15) is 5.00 Å². The molecule has 0 spiro atoms. The molecule has 0 bridgehead atoms. The summed E-state index contributed by atoms with van der Waals surface area (Å²) in [5.74, 6) is 0.0595. The minimum absolute atomic E-state index is 0.0866. The van der Waals surface area contributed by atoms with Crippen molar-refractivity contribution in [3.05, 3.63) is 89.8 Å². The topological polar surface area (TPSA) is 99.0 Å². The number of carbonyl (C=O) groups excluding carboxylic acids is 2. The fourth-order valence-corrected chi connectivity index (χ4v) is 6.12. The number of pyridine rings is 1. The van der Waals surface area contributed by atoms with Crippen LogP contribution in [0.25, 0.3) is 33.5 Å². The number of aromatic nitrogens is 4. The molecule has 0 fully saturated rings. The number of carbonyl (C=O) groups is 2. The van der Waals surface area contributed by atoms with E-state index in [4.69, 9.17) is 9.72 Å². The second kappa shape index (κ2) is 12.9. The maximum absolute atomic E-state index is 13.0. The van der Waals surface area contributed by atoms with Crippen molar-refractivity contribution in [2.75, 3.05) is 17.7 Å². The highest BCUT2D eigenvalue weighted by Crippen LogP contribution is 2.34. The van der Waals surface area contributed by atoms with Crippen LogP contribution in [0.2, 0.25) is 0 Å². The van der Waals surface area contributed by atoms with Crippen molar-refractivity contribution < 1.29 is 14.3 Å². The molecule has 5 rings (SSSR count). The molecule has 2 aromatic carbocycles. The van der Waals surface area contributed by atoms with Crippen LogP contribution in [-0.4, -0.2) is 44.0 Å². The lowest BCUT2D eigenvalue weighted by Gasteiger charge is -2.12. The summed E-state index contributed by atoms with van der Waals surface area (Å²) in [6, 6.07) is 21.8. The Labute approximate surface area is 246 Å². The number of esters is 1. The van der Waals surface area contributed by atoms with Crippen LogP contribution in [0.5, 0.6) is 0 Å². The van der Waals surface area contributed by atoms with Crippen molar-refractivity contribution in [1.29, 1.82) is 0 Å². The number of allylic oxidation sites excluding steroid dienone is 1. The van der Waals surface area contributed by atoms with Gasteiger partial charge in [-0.05, 0) is 31.5 Å². The number of thioether (sulfide) groups is 1. The summed E-state index contributed by atoms with van der Waals surface area (Å²) >= 11 is 2.66. The SMILES string of the molecule is C=CCn1c(SCC(=O)Nc2sc(CC)cc2C(=O)OCC)nnc1-c1cc(-c2ccccc2)nc2ccccc12. The van der Waals surface area contributed by atoms with E-state index in [1.165, 1.54) is 23.1 Å². The molecule has 5 aromatic rings. The number of para-hydroxylation sites is 1. The van der Waals surface area contributed by atoms with Crippen LogP contribution in [0.1, 0.15) is 29.1 Å². The lowest BCUT2D eigenvalue weighted by atomic mass is 10.0. The van der Waals surface area contributed by atoms with Crippen LogP contribution in [0.3, 0.4) is 0 Å². The van der Waals surface area contributed by atoms with Crippen molar-refractivity contribution >= 4 is 50.9 Å².